The number of hydrogen-bond acceptors (Lipinski definition) is 1. The van der Waals surface area contributed by atoms with Crippen LogP contribution >= 0.6 is 11.6 Å². The van der Waals surface area contributed by atoms with Crippen LogP contribution in [0, 0.1) is 5.92 Å². The molecule has 0 saturated carbocycles. The van der Waals surface area contributed by atoms with Crippen LogP contribution < -0.4 is 0 Å². The van der Waals surface area contributed by atoms with Gasteiger partial charge in [-0.2, -0.15) is 0 Å². The quantitative estimate of drug-likeness (QED) is 0.530. The molecule has 1 unspecified atom stereocenters. The first kappa shape index (κ1) is 8.25. The van der Waals surface area contributed by atoms with E-state index in [2.05, 4.69) is 25.9 Å². The topological polar surface area (TPSA) is 3.24 Å². The molecule has 1 atom stereocenters. The highest BCUT2D eigenvalue weighted by Crippen LogP contribution is 1.97. The Hall–Kier alpha value is 0.250. The molecule has 0 aromatic carbocycles. The molecule has 0 rings (SSSR count). The zero-order chi connectivity index (χ0) is 6.57. The summed E-state index contributed by atoms with van der Waals surface area (Å²) in [5.41, 5.74) is 0. The summed E-state index contributed by atoms with van der Waals surface area (Å²) in [5, 5.41) is 0. The molecule has 0 aliphatic heterocycles. The lowest BCUT2D eigenvalue weighted by Crippen LogP contribution is -2.20. The van der Waals surface area contributed by atoms with Crippen LogP contribution in [0.2, 0.25) is 0 Å². The summed E-state index contributed by atoms with van der Waals surface area (Å²) in [5.74, 6) is 1.38. The van der Waals surface area contributed by atoms with Crippen LogP contribution in [-0.2, 0) is 0 Å². The molecule has 0 aromatic rings. The molecule has 0 spiro atoms. The maximum absolute atomic E-state index is 5.57. The molecule has 0 aromatic heterocycles. The highest BCUT2D eigenvalue weighted by molar-refractivity contribution is 6.18. The molecule has 0 radical (unpaired) electrons. The van der Waals surface area contributed by atoms with E-state index in [1.54, 1.807) is 0 Å². The van der Waals surface area contributed by atoms with Crippen molar-refractivity contribution < 1.29 is 0 Å². The van der Waals surface area contributed by atoms with Crippen molar-refractivity contribution in [2.24, 2.45) is 5.92 Å². The molecule has 8 heavy (non-hydrogen) atoms. The molecular weight excluding hydrogens is 122 g/mol. The maximum atomic E-state index is 5.57. The second-order valence-electron chi connectivity index (χ2n) is 2.52. The van der Waals surface area contributed by atoms with E-state index in [0.717, 1.165) is 12.4 Å². The second kappa shape index (κ2) is 4.16. The minimum absolute atomic E-state index is 0.617. The van der Waals surface area contributed by atoms with Gasteiger partial charge >= 0.3 is 0 Å². The van der Waals surface area contributed by atoms with E-state index in [-0.39, 0.29) is 0 Å². The fraction of sp³-hybridized carbons (Fsp3) is 1.00. The van der Waals surface area contributed by atoms with Crippen LogP contribution in [0.25, 0.3) is 0 Å². The summed E-state index contributed by atoms with van der Waals surface area (Å²) in [7, 11) is 4.12. The molecule has 0 bridgehead atoms. The maximum Gasteiger partial charge on any atom is 0.0261 e. The number of rotatable bonds is 3. The summed E-state index contributed by atoms with van der Waals surface area (Å²) in [4.78, 5) is 2.15. The fourth-order valence-corrected chi connectivity index (χ4v) is 0.770. The van der Waals surface area contributed by atoms with Crippen LogP contribution in [0.5, 0.6) is 0 Å². The first-order valence-electron chi connectivity index (χ1n) is 2.87. The van der Waals surface area contributed by atoms with E-state index >= 15 is 0 Å². The molecule has 0 aliphatic carbocycles. The van der Waals surface area contributed by atoms with Gasteiger partial charge in [-0.1, -0.05) is 6.92 Å². The molecule has 1 nitrogen and oxygen atoms in total. The van der Waals surface area contributed by atoms with Gasteiger partial charge in [0.1, 0.15) is 0 Å². The van der Waals surface area contributed by atoms with Crippen molar-refractivity contribution in [3.05, 3.63) is 0 Å². The van der Waals surface area contributed by atoms with Crippen LogP contribution in [0.3, 0.4) is 0 Å². The summed E-state index contributed by atoms with van der Waals surface area (Å²) in [6.45, 7) is 3.23. The van der Waals surface area contributed by atoms with E-state index in [4.69, 9.17) is 11.6 Å². The molecule has 0 amide bonds. The molecule has 50 valence electrons. The Bertz CT molecular complexity index is 54.5. The number of halogens is 1. The standard InChI is InChI=1S/C6H14ClN/c1-6(4-7)5-8(2)3/h6H,4-5H2,1-3H3. The Morgan fingerprint density at radius 1 is 1.50 bits per heavy atom. The third-order valence-electron chi connectivity index (χ3n) is 0.940. The summed E-state index contributed by atoms with van der Waals surface area (Å²) < 4.78 is 0. The van der Waals surface area contributed by atoms with Gasteiger partial charge in [0.05, 0.1) is 0 Å². The zero-order valence-electron chi connectivity index (χ0n) is 5.82. The largest absolute Gasteiger partial charge is 0.309 e. The lowest BCUT2D eigenvalue weighted by atomic mass is 10.2. The lowest BCUT2D eigenvalue weighted by molar-refractivity contribution is 0.356. The highest BCUT2D eigenvalue weighted by atomic mass is 35.5. The van der Waals surface area contributed by atoms with Crippen molar-refractivity contribution in [2.45, 2.75) is 6.92 Å². The minimum atomic E-state index is 0.617. The van der Waals surface area contributed by atoms with Crippen LogP contribution in [0.15, 0.2) is 0 Å². The lowest BCUT2D eigenvalue weighted by Gasteiger charge is -2.13. The Labute approximate surface area is 56.6 Å². The molecule has 0 aliphatic rings. The van der Waals surface area contributed by atoms with Crippen LogP contribution in [-0.4, -0.2) is 31.4 Å². The molecule has 2 heteroatoms. The average Bonchev–Trinajstić information content (AvgIpc) is 1.65. The number of hydrogen-bond donors (Lipinski definition) is 0. The Morgan fingerprint density at radius 2 is 2.00 bits per heavy atom. The van der Waals surface area contributed by atoms with Gasteiger partial charge in [0.25, 0.3) is 0 Å². The van der Waals surface area contributed by atoms with Gasteiger partial charge in [-0.15, -0.1) is 11.6 Å². The Morgan fingerprint density at radius 3 is 2.12 bits per heavy atom. The van der Waals surface area contributed by atoms with Crippen molar-refractivity contribution in [3.63, 3.8) is 0 Å². The number of nitrogens with zero attached hydrogens (tertiary/aromatic N) is 1. The predicted octanol–water partition coefficient (Wildman–Crippen LogP) is 1.42. The minimum Gasteiger partial charge on any atom is -0.309 e. The van der Waals surface area contributed by atoms with Gasteiger partial charge in [-0.25, -0.2) is 0 Å². The van der Waals surface area contributed by atoms with Gasteiger partial charge in [0.15, 0.2) is 0 Å². The van der Waals surface area contributed by atoms with Crippen molar-refractivity contribution in [3.8, 4) is 0 Å². The van der Waals surface area contributed by atoms with Crippen molar-refractivity contribution >= 4 is 11.6 Å². The Balaban J connectivity index is 3.10. The molecule has 0 fully saturated rings. The third kappa shape index (κ3) is 4.41. The Kier molecular flexibility index (Phi) is 4.29. The van der Waals surface area contributed by atoms with Crippen molar-refractivity contribution in [2.75, 3.05) is 26.5 Å². The molecule has 0 saturated heterocycles. The monoisotopic (exact) mass is 135 g/mol. The van der Waals surface area contributed by atoms with Crippen molar-refractivity contribution in [1.29, 1.82) is 0 Å². The first-order chi connectivity index (χ1) is 3.66. The van der Waals surface area contributed by atoms with Crippen molar-refractivity contribution in [1.82, 2.24) is 4.90 Å². The summed E-state index contributed by atoms with van der Waals surface area (Å²) in [6, 6.07) is 0. The second-order valence-corrected chi connectivity index (χ2v) is 2.83. The summed E-state index contributed by atoms with van der Waals surface area (Å²) in [6.07, 6.45) is 0. The third-order valence-corrected chi connectivity index (χ3v) is 1.47. The molecular formula is C6H14ClN. The van der Waals surface area contributed by atoms with E-state index in [1.807, 2.05) is 0 Å². The van der Waals surface area contributed by atoms with Gasteiger partial charge in [-0.3, -0.25) is 0 Å². The van der Waals surface area contributed by atoms with Gasteiger partial charge in [0, 0.05) is 12.4 Å². The fourth-order valence-electron chi connectivity index (χ4n) is 0.672. The normalized spacial score (nSPS) is 14.6. The highest BCUT2D eigenvalue weighted by Gasteiger charge is 1.98. The predicted molar refractivity (Wildman–Crippen MR) is 38.4 cm³/mol. The van der Waals surface area contributed by atoms with E-state index in [9.17, 15) is 0 Å². The SMILES string of the molecule is CC(CCl)CN(C)C. The van der Waals surface area contributed by atoms with Gasteiger partial charge < -0.3 is 4.90 Å². The van der Waals surface area contributed by atoms with E-state index in [0.29, 0.717) is 5.92 Å². The number of alkyl halides is 1. The zero-order valence-corrected chi connectivity index (χ0v) is 6.57. The smallest absolute Gasteiger partial charge is 0.0261 e. The molecule has 0 heterocycles. The van der Waals surface area contributed by atoms with E-state index in [1.165, 1.54) is 0 Å². The van der Waals surface area contributed by atoms with Crippen LogP contribution in [0.1, 0.15) is 6.92 Å². The summed E-state index contributed by atoms with van der Waals surface area (Å²) >= 11 is 5.57. The molecule has 0 N–H and O–H groups in total. The van der Waals surface area contributed by atoms with E-state index < -0.39 is 0 Å². The van der Waals surface area contributed by atoms with Gasteiger partial charge in [-0.05, 0) is 20.0 Å². The van der Waals surface area contributed by atoms with Crippen LogP contribution in [0.4, 0.5) is 0 Å². The average molecular weight is 136 g/mol. The first-order valence-corrected chi connectivity index (χ1v) is 3.41. The van der Waals surface area contributed by atoms with Gasteiger partial charge in [0.2, 0.25) is 0 Å².